The predicted octanol–water partition coefficient (Wildman–Crippen LogP) is 1.83. The lowest BCUT2D eigenvalue weighted by atomic mass is 10.3. The van der Waals surface area contributed by atoms with Gasteiger partial charge in [-0.1, -0.05) is 36.4 Å². The first-order valence-electron chi connectivity index (χ1n) is 8.40. The van der Waals surface area contributed by atoms with Gasteiger partial charge in [-0.2, -0.15) is 15.0 Å². The van der Waals surface area contributed by atoms with Gasteiger partial charge in [0.2, 0.25) is 25.2 Å². The molecule has 152 valence electrons. The van der Waals surface area contributed by atoms with Crippen molar-refractivity contribution in [1.29, 1.82) is 0 Å². The van der Waals surface area contributed by atoms with Gasteiger partial charge >= 0.3 is 5.97 Å². The van der Waals surface area contributed by atoms with Crippen LogP contribution in [-0.4, -0.2) is 36.6 Å². The Bertz CT molecular complexity index is 983. The molecule has 2 aromatic carbocycles. The van der Waals surface area contributed by atoms with Crippen molar-refractivity contribution in [3.63, 3.8) is 0 Å². The van der Waals surface area contributed by atoms with Crippen LogP contribution in [0.4, 0.5) is 23.5 Å². The van der Waals surface area contributed by atoms with Crippen LogP contribution in [0, 0.1) is 0 Å². The van der Waals surface area contributed by atoms with Gasteiger partial charge in [-0.05, 0) is 31.2 Å². The van der Waals surface area contributed by atoms with Crippen molar-refractivity contribution in [2.24, 2.45) is 0 Å². The molecule has 11 heteroatoms. The highest BCUT2D eigenvalue weighted by atomic mass is 31.2. The molecular formula is C18H21N6O4P. The fourth-order valence-corrected chi connectivity index (χ4v) is 3.48. The van der Waals surface area contributed by atoms with Crippen LogP contribution in [0.25, 0.3) is 0 Å². The average Bonchev–Trinajstić information content (AvgIpc) is 2.68. The number of benzene rings is 2. The van der Waals surface area contributed by atoms with E-state index in [9.17, 15) is 14.3 Å². The number of nitrogens with two attached hydrogens (primary N) is 2. The summed E-state index contributed by atoms with van der Waals surface area (Å²) in [7, 11) is -3.79. The minimum absolute atomic E-state index is 0.0981. The quantitative estimate of drug-likeness (QED) is 0.385. The number of nitrogens with one attached hydrogen (secondary N) is 1. The van der Waals surface area contributed by atoms with Gasteiger partial charge in [0.25, 0.3) is 0 Å². The molecule has 0 saturated carbocycles. The average molecular weight is 416 g/mol. The van der Waals surface area contributed by atoms with Crippen molar-refractivity contribution < 1.29 is 19.4 Å². The SMILES string of the molecule is CC(C(=O)O)P(=O)(O)c1ccccc1.Nc1nc(N)nc(Nc2ccccc2)n1. The summed E-state index contributed by atoms with van der Waals surface area (Å²) in [6, 6.07) is 17.3. The van der Waals surface area contributed by atoms with E-state index in [4.69, 9.17) is 16.6 Å². The number of hydrogen-bond donors (Lipinski definition) is 5. The highest BCUT2D eigenvalue weighted by Gasteiger charge is 2.34. The van der Waals surface area contributed by atoms with Gasteiger partial charge in [0, 0.05) is 11.0 Å². The third kappa shape index (κ3) is 6.27. The van der Waals surface area contributed by atoms with Gasteiger partial charge in [-0.25, -0.2) is 0 Å². The molecule has 2 atom stereocenters. The summed E-state index contributed by atoms with van der Waals surface area (Å²) in [6.07, 6.45) is 0. The van der Waals surface area contributed by atoms with Crippen molar-refractivity contribution >= 4 is 42.2 Å². The van der Waals surface area contributed by atoms with Crippen LogP contribution in [0.2, 0.25) is 0 Å². The molecule has 3 rings (SSSR count). The third-order valence-corrected chi connectivity index (χ3v) is 6.02. The first-order chi connectivity index (χ1) is 13.7. The number of rotatable bonds is 5. The Balaban J connectivity index is 0.000000208. The van der Waals surface area contributed by atoms with Gasteiger partial charge in [-0.15, -0.1) is 0 Å². The smallest absolute Gasteiger partial charge is 0.316 e. The standard InChI is InChI=1S/C9H10N6.C9H11O4P/c10-7-13-8(11)15-9(14-7)12-6-4-2-1-3-5-6;1-7(9(10)11)14(12,13)8-5-3-2-4-6-8/h1-5H,(H5,10,11,12,13,14,15);2-7H,1H3,(H,10,11)(H,12,13). The summed E-state index contributed by atoms with van der Waals surface area (Å²) in [5, 5.41) is 11.8. The number of aromatic nitrogens is 3. The Morgan fingerprint density at radius 3 is 1.93 bits per heavy atom. The van der Waals surface area contributed by atoms with Crippen LogP contribution in [0.3, 0.4) is 0 Å². The Morgan fingerprint density at radius 2 is 1.45 bits per heavy atom. The summed E-state index contributed by atoms with van der Waals surface area (Å²) in [5.74, 6) is -0.729. The number of nitrogen functional groups attached to an aromatic ring is 2. The van der Waals surface area contributed by atoms with Crippen LogP contribution >= 0.6 is 7.37 Å². The molecule has 1 heterocycles. The number of carbonyl (C=O) groups is 1. The van der Waals surface area contributed by atoms with Crippen molar-refractivity contribution in [2.75, 3.05) is 16.8 Å². The van der Waals surface area contributed by atoms with E-state index in [-0.39, 0.29) is 17.2 Å². The second-order valence-electron chi connectivity index (χ2n) is 5.84. The Kier molecular flexibility index (Phi) is 7.24. The fraction of sp³-hybridized carbons (Fsp3) is 0.111. The van der Waals surface area contributed by atoms with E-state index in [2.05, 4.69) is 20.3 Å². The second-order valence-corrected chi connectivity index (χ2v) is 8.38. The zero-order valence-electron chi connectivity index (χ0n) is 15.5. The molecule has 0 aliphatic carbocycles. The zero-order valence-corrected chi connectivity index (χ0v) is 16.4. The maximum atomic E-state index is 11.7. The fourth-order valence-electron chi connectivity index (χ4n) is 2.13. The lowest BCUT2D eigenvalue weighted by Crippen LogP contribution is -2.22. The first-order valence-corrected chi connectivity index (χ1v) is 10.1. The summed E-state index contributed by atoms with van der Waals surface area (Å²) < 4.78 is 11.7. The summed E-state index contributed by atoms with van der Waals surface area (Å²) in [5.41, 5.74) is 10.5. The van der Waals surface area contributed by atoms with E-state index in [1.165, 1.54) is 19.1 Å². The highest BCUT2D eigenvalue weighted by Crippen LogP contribution is 2.44. The molecule has 0 aliphatic heterocycles. The second kappa shape index (κ2) is 9.63. The maximum absolute atomic E-state index is 11.7. The molecule has 0 saturated heterocycles. The third-order valence-electron chi connectivity index (χ3n) is 3.71. The number of anilines is 4. The molecule has 0 aliphatic rings. The number of aliphatic carboxylic acids is 1. The van der Waals surface area contributed by atoms with E-state index in [0.717, 1.165) is 5.69 Å². The summed E-state index contributed by atoms with van der Waals surface area (Å²) in [4.78, 5) is 31.6. The summed E-state index contributed by atoms with van der Waals surface area (Å²) in [6.45, 7) is 1.23. The summed E-state index contributed by atoms with van der Waals surface area (Å²) >= 11 is 0. The van der Waals surface area contributed by atoms with Gasteiger partial charge < -0.3 is 26.8 Å². The van der Waals surface area contributed by atoms with Crippen LogP contribution in [-0.2, 0) is 9.36 Å². The van der Waals surface area contributed by atoms with E-state index in [1.807, 2.05) is 30.3 Å². The van der Waals surface area contributed by atoms with Gasteiger partial charge in [0.15, 0.2) is 0 Å². The molecule has 0 bridgehead atoms. The van der Waals surface area contributed by atoms with Gasteiger partial charge in [0.1, 0.15) is 5.66 Å². The minimum atomic E-state index is -3.79. The Morgan fingerprint density at radius 1 is 0.966 bits per heavy atom. The van der Waals surface area contributed by atoms with Crippen LogP contribution < -0.4 is 22.1 Å². The van der Waals surface area contributed by atoms with Crippen molar-refractivity contribution in [1.82, 2.24) is 15.0 Å². The molecule has 0 radical (unpaired) electrons. The van der Waals surface area contributed by atoms with Crippen LogP contribution in [0.1, 0.15) is 6.92 Å². The van der Waals surface area contributed by atoms with Crippen molar-refractivity contribution in [3.8, 4) is 0 Å². The lowest BCUT2D eigenvalue weighted by molar-refractivity contribution is -0.136. The zero-order chi connectivity index (χ0) is 21.4. The van der Waals surface area contributed by atoms with Crippen LogP contribution in [0.5, 0.6) is 0 Å². The number of para-hydroxylation sites is 1. The largest absolute Gasteiger partial charge is 0.481 e. The molecule has 0 fully saturated rings. The molecule has 3 aromatic rings. The molecule has 1 aromatic heterocycles. The van der Waals surface area contributed by atoms with Crippen LogP contribution in [0.15, 0.2) is 60.7 Å². The number of nitrogens with zero attached hydrogens (tertiary/aromatic N) is 3. The Hall–Kier alpha value is -3.49. The topological polar surface area (TPSA) is 177 Å². The van der Waals surface area contributed by atoms with Gasteiger partial charge in [-0.3, -0.25) is 9.36 Å². The van der Waals surface area contributed by atoms with Crippen molar-refractivity contribution in [3.05, 3.63) is 60.7 Å². The van der Waals surface area contributed by atoms with E-state index < -0.39 is 19.0 Å². The number of carboxylic acid groups (broad SMARTS) is 1. The molecule has 29 heavy (non-hydrogen) atoms. The highest BCUT2D eigenvalue weighted by molar-refractivity contribution is 7.67. The number of hydrogen-bond acceptors (Lipinski definition) is 8. The predicted molar refractivity (Wildman–Crippen MR) is 111 cm³/mol. The molecule has 0 spiro atoms. The molecule has 10 nitrogen and oxygen atoms in total. The molecule has 2 unspecified atom stereocenters. The van der Waals surface area contributed by atoms with E-state index in [1.54, 1.807) is 18.2 Å². The monoisotopic (exact) mass is 416 g/mol. The Labute approximate surface area is 167 Å². The molecule has 7 N–H and O–H groups in total. The molecular weight excluding hydrogens is 395 g/mol. The number of carboxylic acids is 1. The van der Waals surface area contributed by atoms with Crippen molar-refractivity contribution in [2.45, 2.75) is 12.6 Å². The minimum Gasteiger partial charge on any atom is -0.481 e. The van der Waals surface area contributed by atoms with E-state index >= 15 is 0 Å². The normalized spacial score (nSPS) is 13.3. The van der Waals surface area contributed by atoms with E-state index in [0.29, 0.717) is 5.95 Å². The first kappa shape index (κ1) is 21.8. The maximum Gasteiger partial charge on any atom is 0.316 e. The lowest BCUT2D eigenvalue weighted by Gasteiger charge is -2.15. The molecule has 0 amide bonds. The van der Waals surface area contributed by atoms with Gasteiger partial charge in [0.05, 0.1) is 0 Å².